The molecule has 4 unspecified atom stereocenters. The molecule has 42 heavy (non-hydrogen) atoms. The Bertz CT molecular complexity index is 1360. The summed E-state index contributed by atoms with van der Waals surface area (Å²) < 4.78 is 45.7. The van der Waals surface area contributed by atoms with Crippen molar-refractivity contribution in [3.05, 3.63) is 46.2 Å². The Labute approximate surface area is 236 Å². The standard InChI is InChI=1S/C20H30N4O16P2/c1-8(26)22-9-2-3-11(38-17(9)14(28)10(27)6-25)19(41(32,33)34)40-42(35,36)37-7-12-15(29)16(30)18(39-12)24-5-4-13(21)23-20(24)31/h2-5,9-10,12,14-18,25,27-30H,6-7H2,1H3,(H,22,26)(H,35,36)(H2,21,23,31)(H2,32,33,34)/b19-11-/t9?,10?,12-,14?,15-,16-,17+,18-/m1/s1. The summed E-state index contributed by atoms with van der Waals surface area (Å²) in [5.41, 5.74) is 2.91. The van der Waals surface area contributed by atoms with Gasteiger partial charge in [-0.2, -0.15) is 4.98 Å². The first kappa shape index (κ1) is 33.8. The fourth-order valence-corrected chi connectivity index (χ4v) is 5.76. The molecule has 0 aromatic carbocycles. The predicted octanol–water partition coefficient (Wildman–Crippen LogP) is -3.90. The number of nitrogen functional groups attached to an aromatic ring is 1. The van der Waals surface area contributed by atoms with E-state index in [9.17, 15) is 53.8 Å². The van der Waals surface area contributed by atoms with Crippen LogP contribution in [0, 0.1) is 0 Å². The van der Waals surface area contributed by atoms with E-state index >= 15 is 0 Å². The third kappa shape index (κ3) is 8.01. The molecule has 20 nitrogen and oxygen atoms in total. The van der Waals surface area contributed by atoms with E-state index < -0.39 is 100 Å². The second kappa shape index (κ2) is 13.3. The van der Waals surface area contributed by atoms with E-state index in [0.29, 0.717) is 0 Å². The summed E-state index contributed by atoms with van der Waals surface area (Å²) in [7, 11) is -11.1. The number of nitrogens with one attached hydrogen (secondary N) is 1. The van der Waals surface area contributed by atoms with Crippen LogP contribution >= 0.6 is 15.4 Å². The van der Waals surface area contributed by atoms with Gasteiger partial charge in [0.2, 0.25) is 5.91 Å². The number of phosphoric acid groups is 1. The number of allylic oxidation sites excluding steroid dienone is 1. The Balaban J connectivity index is 1.82. The molecule has 1 amide bonds. The van der Waals surface area contributed by atoms with E-state index in [2.05, 4.69) is 14.8 Å². The van der Waals surface area contributed by atoms with Crippen LogP contribution in [0.2, 0.25) is 0 Å². The molecule has 0 spiro atoms. The Hall–Kier alpha value is -2.71. The lowest BCUT2D eigenvalue weighted by atomic mass is 9.98. The number of ether oxygens (including phenoxy) is 2. The topological polar surface area (TPSA) is 323 Å². The van der Waals surface area contributed by atoms with E-state index in [-0.39, 0.29) is 5.82 Å². The van der Waals surface area contributed by atoms with Gasteiger partial charge in [0.1, 0.15) is 36.3 Å². The number of hydrogen-bond acceptors (Lipinski definition) is 15. The van der Waals surface area contributed by atoms with Gasteiger partial charge < -0.3 is 60.4 Å². The van der Waals surface area contributed by atoms with Gasteiger partial charge in [0.05, 0.1) is 19.3 Å². The summed E-state index contributed by atoms with van der Waals surface area (Å²) in [6, 6.07) is 0.0104. The van der Waals surface area contributed by atoms with E-state index in [1.54, 1.807) is 0 Å². The summed E-state index contributed by atoms with van der Waals surface area (Å²) in [5, 5.41) is 52.3. The monoisotopic (exact) mass is 644 g/mol. The van der Waals surface area contributed by atoms with Crippen LogP contribution in [0.4, 0.5) is 5.82 Å². The lowest BCUT2D eigenvalue weighted by Crippen LogP contribution is -2.53. The number of carbonyl (C=O) groups is 1. The van der Waals surface area contributed by atoms with Gasteiger partial charge >= 0.3 is 21.1 Å². The molecule has 2 aliphatic rings. The highest BCUT2D eigenvalue weighted by atomic mass is 31.2. The lowest BCUT2D eigenvalue weighted by Gasteiger charge is -2.35. The second-order valence-electron chi connectivity index (χ2n) is 9.07. The minimum absolute atomic E-state index is 0.134. The van der Waals surface area contributed by atoms with Crippen LogP contribution in [-0.2, 0) is 32.4 Å². The third-order valence-electron chi connectivity index (χ3n) is 5.90. The molecule has 3 rings (SSSR count). The van der Waals surface area contributed by atoms with Crippen LogP contribution in [0.15, 0.2) is 40.5 Å². The van der Waals surface area contributed by atoms with E-state index in [1.807, 2.05) is 0 Å². The number of amides is 1. The maximum absolute atomic E-state index is 12.7. The lowest BCUT2D eigenvalue weighted by molar-refractivity contribution is -0.123. The first-order chi connectivity index (χ1) is 19.4. The van der Waals surface area contributed by atoms with Gasteiger partial charge in [0, 0.05) is 13.1 Å². The highest BCUT2D eigenvalue weighted by molar-refractivity contribution is 7.57. The van der Waals surface area contributed by atoms with Gasteiger partial charge in [-0.15, -0.1) is 0 Å². The Morgan fingerprint density at radius 2 is 1.90 bits per heavy atom. The minimum Gasteiger partial charge on any atom is -0.481 e. The van der Waals surface area contributed by atoms with Crippen molar-refractivity contribution >= 4 is 27.1 Å². The zero-order valence-corrected chi connectivity index (χ0v) is 23.3. The number of phosphoric ester groups is 1. The van der Waals surface area contributed by atoms with Crippen molar-refractivity contribution in [1.82, 2.24) is 14.9 Å². The predicted molar refractivity (Wildman–Crippen MR) is 135 cm³/mol. The number of aromatic nitrogens is 2. The van der Waals surface area contributed by atoms with Gasteiger partial charge in [-0.3, -0.25) is 23.3 Å². The zero-order valence-electron chi connectivity index (χ0n) is 21.6. The van der Waals surface area contributed by atoms with Crippen molar-refractivity contribution in [3.63, 3.8) is 0 Å². The highest BCUT2D eigenvalue weighted by Gasteiger charge is 2.46. The molecule has 2 aliphatic heterocycles. The van der Waals surface area contributed by atoms with Crippen molar-refractivity contribution in [1.29, 1.82) is 0 Å². The molecule has 0 radical (unpaired) electrons. The maximum Gasteiger partial charge on any atom is 0.527 e. The smallest absolute Gasteiger partial charge is 0.481 e. The molecule has 3 heterocycles. The zero-order chi connectivity index (χ0) is 31.6. The van der Waals surface area contributed by atoms with Crippen molar-refractivity contribution in [2.75, 3.05) is 18.9 Å². The number of aliphatic hydroxyl groups is 5. The van der Waals surface area contributed by atoms with E-state index in [0.717, 1.165) is 29.8 Å². The van der Waals surface area contributed by atoms with Gasteiger partial charge in [-0.05, 0) is 12.1 Å². The van der Waals surface area contributed by atoms with Crippen molar-refractivity contribution < 1.29 is 72.7 Å². The average molecular weight is 644 g/mol. The summed E-state index contributed by atoms with van der Waals surface area (Å²) in [6.45, 7) is -0.868. The first-order valence-corrected chi connectivity index (χ1v) is 15.0. The van der Waals surface area contributed by atoms with Crippen LogP contribution in [0.3, 0.4) is 0 Å². The van der Waals surface area contributed by atoms with E-state index in [4.69, 9.17) is 24.8 Å². The van der Waals surface area contributed by atoms with Gasteiger partial charge in [-0.25, -0.2) is 9.36 Å². The average Bonchev–Trinajstić information content (AvgIpc) is 3.18. The maximum atomic E-state index is 12.7. The van der Waals surface area contributed by atoms with Gasteiger partial charge in [-0.1, -0.05) is 6.08 Å². The largest absolute Gasteiger partial charge is 0.527 e. The molecule has 0 bridgehead atoms. The van der Waals surface area contributed by atoms with Crippen LogP contribution in [0.25, 0.3) is 0 Å². The SMILES string of the molecule is CC(=O)NC1C=C/C(=C(\OP(=O)(O)OC[C@H]2O[C@@H](n3ccc(N)nc3=O)[C@H](O)[C@@H]2O)P(=O)(O)O)O[C@@H]1C(O)C(O)CO. The number of carbonyl (C=O) groups excluding carboxylic acids is 1. The summed E-state index contributed by atoms with van der Waals surface area (Å²) >= 11 is 0. The number of aliphatic hydroxyl groups excluding tert-OH is 5. The number of hydrogen-bond donors (Lipinski definition) is 10. The quantitative estimate of drug-likeness (QED) is 0.0812. The van der Waals surface area contributed by atoms with Crippen molar-refractivity contribution in [2.45, 2.75) is 55.8 Å². The highest BCUT2D eigenvalue weighted by Crippen LogP contribution is 2.57. The number of anilines is 1. The molecule has 0 aliphatic carbocycles. The summed E-state index contributed by atoms with van der Waals surface area (Å²) in [6.07, 6.45) is -9.03. The molecular formula is C20H30N4O16P2. The molecule has 0 saturated carbocycles. The Kier molecular flexibility index (Phi) is 10.7. The van der Waals surface area contributed by atoms with Crippen molar-refractivity contribution in [2.24, 2.45) is 0 Å². The second-order valence-corrected chi connectivity index (χ2v) is 11.9. The fourth-order valence-electron chi connectivity index (χ4n) is 3.92. The molecule has 22 heteroatoms. The summed E-state index contributed by atoms with van der Waals surface area (Å²) in [5.74, 6) is -1.66. The molecule has 9 atom stereocenters. The minimum atomic E-state index is -5.59. The summed E-state index contributed by atoms with van der Waals surface area (Å²) in [4.78, 5) is 56.9. The van der Waals surface area contributed by atoms with Crippen LogP contribution < -0.4 is 16.7 Å². The van der Waals surface area contributed by atoms with Gasteiger partial charge in [0.25, 0.3) is 5.50 Å². The first-order valence-electron chi connectivity index (χ1n) is 11.9. The molecule has 236 valence electrons. The molecular weight excluding hydrogens is 614 g/mol. The normalized spacial score (nSPS) is 30.1. The van der Waals surface area contributed by atoms with Crippen LogP contribution in [0.5, 0.6) is 0 Å². The van der Waals surface area contributed by atoms with Crippen LogP contribution in [0.1, 0.15) is 13.2 Å². The molecule has 1 saturated heterocycles. The van der Waals surface area contributed by atoms with Crippen molar-refractivity contribution in [3.8, 4) is 0 Å². The molecule has 1 aromatic heterocycles. The number of rotatable bonds is 11. The molecule has 1 aromatic rings. The van der Waals surface area contributed by atoms with E-state index in [1.165, 1.54) is 6.07 Å². The number of nitrogens with two attached hydrogens (primary N) is 1. The molecule has 1 fully saturated rings. The fraction of sp³-hybridized carbons (Fsp3) is 0.550. The molecule has 11 N–H and O–H groups in total. The van der Waals surface area contributed by atoms with Crippen LogP contribution in [-0.4, -0.2) is 112 Å². The number of nitrogens with zero attached hydrogens (tertiary/aromatic N) is 2. The Morgan fingerprint density at radius 1 is 1.24 bits per heavy atom. The third-order valence-corrected chi connectivity index (χ3v) is 7.78. The van der Waals surface area contributed by atoms with Gasteiger partial charge in [0.15, 0.2) is 18.1 Å². The Morgan fingerprint density at radius 3 is 2.48 bits per heavy atom.